The van der Waals surface area contributed by atoms with Gasteiger partial charge in [-0.25, -0.2) is 5.01 Å². The minimum atomic E-state index is -0.314. The number of amides is 1. The molecule has 126 valence electrons. The number of furan rings is 1. The van der Waals surface area contributed by atoms with E-state index in [1.165, 1.54) is 11.3 Å². The summed E-state index contributed by atoms with van der Waals surface area (Å²) in [6, 6.07) is 14.8. The molecule has 6 heteroatoms. The van der Waals surface area contributed by atoms with E-state index >= 15 is 0 Å². The lowest BCUT2D eigenvalue weighted by Gasteiger charge is -2.23. The zero-order valence-electron chi connectivity index (χ0n) is 13.5. The second-order valence-electron chi connectivity index (χ2n) is 5.54. The Morgan fingerprint density at radius 3 is 2.88 bits per heavy atom. The molecule has 0 spiro atoms. The van der Waals surface area contributed by atoms with Crippen LogP contribution in [0.4, 0.5) is 0 Å². The van der Waals surface area contributed by atoms with E-state index in [0.717, 1.165) is 17.0 Å². The van der Waals surface area contributed by atoms with Gasteiger partial charge in [0.1, 0.15) is 17.6 Å². The molecule has 3 heterocycles. The molecule has 4 rings (SSSR count). The average Bonchev–Trinajstić information content (AvgIpc) is 3.42. The Hall–Kier alpha value is -2.99. The summed E-state index contributed by atoms with van der Waals surface area (Å²) < 4.78 is 10.8. The van der Waals surface area contributed by atoms with E-state index in [-0.39, 0.29) is 11.9 Å². The Labute approximate surface area is 149 Å². The number of hydrogen-bond acceptors (Lipinski definition) is 5. The molecule has 25 heavy (non-hydrogen) atoms. The lowest BCUT2D eigenvalue weighted by Crippen LogP contribution is -2.39. The Morgan fingerprint density at radius 2 is 2.16 bits per heavy atom. The molecule has 1 aliphatic rings. The molecule has 3 aromatic rings. The van der Waals surface area contributed by atoms with E-state index < -0.39 is 0 Å². The summed E-state index contributed by atoms with van der Waals surface area (Å²) in [4.78, 5) is 13.6. The van der Waals surface area contributed by atoms with Crippen LogP contribution in [-0.2, 0) is 0 Å². The number of carbonyl (C=O) groups excluding carboxylic acids is 1. The zero-order chi connectivity index (χ0) is 17.2. The number of benzene rings is 1. The van der Waals surface area contributed by atoms with Crippen molar-refractivity contribution in [1.82, 2.24) is 10.4 Å². The van der Waals surface area contributed by atoms with Crippen LogP contribution in [0.25, 0.3) is 5.70 Å². The normalized spacial score (nSPS) is 16.4. The highest BCUT2D eigenvalue weighted by molar-refractivity contribution is 7.12. The van der Waals surface area contributed by atoms with Gasteiger partial charge in [0.05, 0.1) is 23.9 Å². The van der Waals surface area contributed by atoms with Crippen molar-refractivity contribution < 1.29 is 13.9 Å². The molecule has 2 aromatic heterocycles. The van der Waals surface area contributed by atoms with Crippen molar-refractivity contribution in [3.63, 3.8) is 0 Å². The third-order valence-electron chi connectivity index (χ3n) is 4.01. The van der Waals surface area contributed by atoms with Crippen molar-refractivity contribution >= 4 is 22.9 Å². The highest BCUT2D eigenvalue weighted by atomic mass is 32.1. The molecule has 0 unspecified atom stereocenters. The maximum absolute atomic E-state index is 12.9. The first kappa shape index (κ1) is 15.5. The molecule has 1 aromatic carbocycles. The average molecular weight is 352 g/mol. The Balaban J connectivity index is 1.70. The summed E-state index contributed by atoms with van der Waals surface area (Å²) >= 11 is 1.42. The van der Waals surface area contributed by atoms with Gasteiger partial charge in [-0.3, -0.25) is 10.2 Å². The summed E-state index contributed by atoms with van der Waals surface area (Å²) in [5.74, 6) is 1.37. The van der Waals surface area contributed by atoms with Crippen molar-refractivity contribution in [2.45, 2.75) is 6.04 Å². The minimum absolute atomic E-state index is 0.0921. The highest BCUT2D eigenvalue weighted by Crippen LogP contribution is 2.33. The fourth-order valence-electron chi connectivity index (χ4n) is 2.79. The van der Waals surface area contributed by atoms with Crippen LogP contribution in [0.2, 0.25) is 0 Å². The molecule has 0 aliphatic carbocycles. The third kappa shape index (κ3) is 2.92. The van der Waals surface area contributed by atoms with E-state index in [4.69, 9.17) is 9.15 Å². The first-order chi connectivity index (χ1) is 12.3. The van der Waals surface area contributed by atoms with Crippen LogP contribution >= 0.6 is 11.3 Å². The molecule has 1 N–H and O–H groups in total. The van der Waals surface area contributed by atoms with Crippen LogP contribution in [-0.4, -0.2) is 18.0 Å². The second-order valence-corrected chi connectivity index (χ2v) is 6.48. The maximum atomic E-state index is 12.9. The topological polar surface area (TPSA) is 54.7 Å². The van der Waals surface area contributed by atoms with Gasteiger partial charge in [0, 0.05) is 5.56 Å². The van der Waals surface area contributed by atoms with E-state index in [0.29, 0.717) is 10.6 Å². The van der Waals surface area contributed by atoms with Crippen LogP contribution in [0.5, 0.6) is 5.75 Å². The van der Waals surface area contributed by atoms with Gasteiger partial charge in [-0.15, -0.1) is 11.3 Å². The molecule has 0 radical (unpaired) electrons. The quantitative estimate of drug-likeness (QED) is 0.768. The highest BCUT2D eigenvalue weighted by Gasteiger charge is 2.33. The van der Waals surface area contributed by atoms with Crippen molar-refractivity contribution in [2.24, 2.45) is 0 Å². The number of thiophene rings is 1. The molecule has 0 saturated carbocycles. The van der Waals surface area contributed by atoms with E-state index in [1.54, 1.807) is 18.4 Å². The standard InChI is InChI=1S/C19H16N2O3S/c1-23-14-6-2-5-13(11-14)15-12-16(17-7-3-9-24-17)21(20-15)19(22)18-8-4-10-25-18/h2-12,16,20H,1H3/t16-/m0/s1. The molecule has 0 bridgehead atoms. The van der Waals surface area contributed by atoms with Crippen LogP contribution in [0, 0.1) is 0 Å². The number of nitrogens with zero attached hydrogens (tertiary/aromatic N) is 1. The summed E-state index contributed by atoms with van der Waals surface area (Å²) in [5, 5.41) is 3.49. The van der Waals surface area contributed by atoms with Crippen molar-refractivity contribution in [2.75, 3.05) is 7.11 Å². The molecule has 5 nitrogen and oxygen atoms in total. The van der Waals surface area contributed by atoms with Gasteiger partial charge in [0.25, 0.3) is 5.91 Å². The van der Waals surface area contributed by atoms with Crippen LogP contribution in [0.1, 0.15) is 27.0 Å². The van der Waals surface area contributed by atoms with E-state index in [9.17, 15) is 4.79 Å². The number of carbonyl (C=O) groups is 1. The Morgan fingerprint density at radius 1 is 1.24 bits per heavy atom. The fraction of sp³-hybridized carbons (Fsp3) is 0.105. The van der Waals surface area contributed by atoms with Crippen molar-refractivity contribution in [1.29, 1.82) is 0 Å². The van der Waals surface area contributed by atoms with Gasteiger partial charge in [0.2, 0.25) is 0 Å². The largest absolute Gasteiger partial charge is 0.497 e. The lowest BCUT2D eigenvalue weighted by atomic mass is 10.1. The monoisotopic (exact) mass is 352 g/mol. The minimum Gasteiger partial charge on any atom is -0.497 e. The zero-order valence-corrected chi connectivity index (χ0v) is 14.3. The van der Waals surface area contributed by atoms with Gasteiger partial charge in [-0.1, -0.05) is 18.2 Å². The van der Waals surface area contributed by atoms with Crippen molar-refractivity contribution in [3.05, 3.63) is 82.5 Å². The smallest absolute Gasteiger partial charge is 0.283 e. The summed E-state index contributed by atoms with van der Waals surface area (Å²) in [5.41, 5.74) is 5.00. The first-order valence-corrected chi connectivity index (χ1v) is 8.67. The molecular weight excluding hydrogens is 336 g/mol. The number of ether oxygens (including phenoxy) is 1. The maximum Gasteiger partial charge on any atom is 0.283 e. The molecular formula is C19H16N2O3S. The third-order valence-corrected chi connectivity index (χ3v) is 4.87. The number of nitrogens with one attached hydrogen (secondary N) is 1. The Kier molecular flexibility index (Phi) is 4.03. The SMILES string of the molecule is COc1cccc(C2=C[C@@H](c3ccco3)N(C(=O)c3cccs3)N2)c1. The number of hydrazine groups is 1. The molecule has 0 saturated heterocycles. The number of hydrogen-bond donors (Lipinski definition) is 1. The van der Waals surface area contributed by atoms with Crippen LogP contribution < -0.4 is 10.2 Å². The fourth-order valence-corrected chi connectivity index (χ4v) is 3.45. The lowest BCUT2D eigenvalue weighted by molar-refractivity contribution is 0.0660. The first-order valence-electron chi connectivity index (χ1n) is 7.79. The van der Waals surface area contributed by atoms with E-state index in [1.807, 2.05) is 60.0 Å². The van der Waals surface area contributed by atoms with Gasteiger partial charge < -0.3 is 9.15 Å². The summed E-state index contributed by atoms with van der Waals surface area (Å²) in [6.07, 6.45) is 3.60. The number of rotatable bonds is 4. The van der Waals surface area contributed by atoms with Crippen molar-refractivity contribution in [3.8, 4) is 5.75 Å². The van der Waals surface area contributed by atoms with Gasteiger partial charge in [0.15, 0.2) is 0 Å². The molecule has 1 amide bonds. The predicted molar refractivity (Wildman–Crippen MR) is 96.0 cm³/mol. The molecule has 1 aliphatic heterocycles. The van der Waals surface area contributed by atoms with Crippen LogP contribution in [0.3, 0.4) is 0 Å². The summed E-state index contributed by atoms with van der Waals surface area (Å²) in [6.45, 7) is 0. The molecule has 1 atom stereocenters. The van der Waals surface area contributed by atoms with Gasteiger partial charge in [-0.2, -0.15) is 0 Å². The summed E-state index contributed by atoms with van der Waals surface area (Å²) in [7, 11) is 1.63. The Bertz CT molecular complexity index is 901. The predicted octanol–water partition coefficient (Wildman–Crippen LogP) is 4.09. The van der Waals surface area contributed by atoms with Gasteiger partial charge >= 0.3 is 0 Å². The van der Waals surface area contributed by atoms with Crippen LogP contribution in [0.15, 0.2) is 70.7 Å². The molecule has 0 fully saturated rings. The number of methoxy groups -OCH3 is 1. The van der Waals surface area contributed by atoms with E-state index in [2.05, 4.69) is 5.43 Å². The second kappa shape index (κ2) is 6.49. The van der Waals surface area contributed by atoms with Gasteiger partial charge in [-0.05, 0) is 41.8 Å².